The molecule has 0 saturated carbocycles. The fourth-order valence-electron chi connectivity index (χ4n) is 3.39. The van der Waals surface area contributed by atoms with Gasteiger partial charge in [0.05, 0.1) is 18.4 Å². The van der Waals surface area contributed by atoms with Gasteiger partial charge in [0, 0.05) is 18.6 Å². The van der Waals surface area contributed by atoms with Gasteiger partial charge in [-0.1, -0.05) is 42.5 Å². The molecule has 164 valence electrons. The lowest BCUT2D eigenvalue weighted by Gasteiger charge is -2.28. The second-order valence-electron chi connectivity index (χ2n) is 7.15. The summed E-state index contributed by atoms with van der Waals surface area (Å²) in [5.74, 6) is 0.842. The Morgan fingerprint density at radius 2 is 1.88 bits per heavy atom. The molecule has 8 heteroatoms. The highest BCUT2D eigenvalue weighted by Crippen LogP contribution is 2.42. The van der Waals surface area contributed by atoms with Gasteiger partial charge in [0.25, 0.3) is 0 Å². The largest absolute Gasteiger partial charge is 0.508 e. The molecule has 0 saturated heterocycles. The number of nitrogens with zero attached hydrogens (tertiary/aromatic N) is 1. The Bertz CT molecular complexity index is 1130. The first-order valence-corrected chi connectivity index (χ1v) is 9.93. The van der Waals surface area contributed by atoms with Gasteiger partial charge in [-0.3, -0.25) is 0 Å². The van der Waals surface area contributed by atoms with Crippen LogP contribution < -0.4 is 14.9 Å². The molecule has 0 aliphatic carbocycles. The third-order valence-electron chi connectivity index (χ3n) is 4.99. The number of nitrogens with one attached hydrogen (secondary N) is 1. The van der Waals surface area contributed by atoms with Crippen molar-refractivity contribution in [2.24, 2.45) is 5.10 Å². The van der Waals surface area contributed by atoms with Crippen LogP contribution in [0.1, 0.15) is 29.2 Å². The lowest BCUT2D eigenvalue weighted by molar-refractivity contribution is 0.140. The van der Waals surface area contributed by atoms with E-state index in [9.17, 15) is 15.0 Å². The Morgan fingerprint density at radius 1 is 1.12 bits per heavy atom. The van der Waals surface area contributed by atoms with Crippen LogP contribution in [0.5, 0.6) is 23.0 Å². The van der Waals surface area contributed by atoms with E-state index in [2.05, 4.69) is 10.5 Å². The van der Waals surface area contributed by atoms with Crippen LogP contribution in [0.3, 0.4) is 0 Å². The molecule has 32 heavy (non-hydrogen) atoms. The molecule has 1 heterocycles. The Labute approximate surface area is 184 Å². The number of ether oxygens (including phenoxy) is 3. The highest BCUT2D eigenvalue weighted by molar-refractivity contribution is 6.06. The Morgan fingerprint density at radius 3 is 2.59 bits per heavy atom. The molecule has 1 aliphatic heterocycles. The van der Waals surface area contributed by atoms with Crippen molar-refractivity contribution in [2.75, 3.05) is 7.11 Å². The normalized spacial score (nSPS) is 16.0. The van der Waals surface area contributed by atoms with E-state index in [0.29, 0.717) is 22.8 Å². The molecule has 0 aromatic heterocycles. The lowest BCUT2D eigenvalue weighted by Crippen LogP contribution is -2.26. The summed E-state index contributed by atoms with van der Waals surface area (Å²) < 4.78 is 16.5. The smallest absolute Gasteiger partial charge is 0.428 e. The fraction of sp³-hybridized carbons (Fsp3) is 0.167. The number of fused-ring (bicyclic) bond motifs is 1. The van der Waals surface area contributed by atoms with Crippen molar-refractivity contribution in [3.05, 3.63) is 83.4 Å². The van der Waals surface area contributed by atoms with E-state index >= 15 is 0 Å². The van der Waals surface area contributed by atoms with Crippen molar-refractivity contribution in [1.82, 2.24) is 5.43 Å². The molecular formula is C24H22N2O6. The molecule has 0 radical (unpaired) electrons. The van der Waals surface area contributed by atoms with Gasteiger partial charge in [-0.05, 0) is 23.3 Å². The number of carbonyl (C=O) groups is 1. The highest BCUT2D eigenvalue weighted by atomic mass is 16.6. The van der Waals surface area contributed by atoms with Crippen molar-refractivity contribution >= 4 is 11.8 Å². The number of hydrogen-bond donors (Lipinski definition) is 3. The summed E-state index contributed by atoms with van der Waals surface area (Å²) in [5.41, 5.74) is 4.82. The van der Waals surface area contributed by atoms with Gasteiger partial charge in [0.2, 0.25) is 0 Å². The van der Waals surface area contributed by atoms with E-state index in [1.807, 2.05) is 30.3 Å². The molecule has 1 amide bonds. The number of amides is 1. The molecule has 0 spiro atoms. The van der Waals surface area contributed by atoms with Gasteiger partial charge in [0.1, 0.15) is 35.7 Å². The van der Waals surface area contributed by atoms with Crippen LogP contribution in [0.15, 0.2) is 71.8 Å². The summed E-state index contributed by atoms with van der Waals surface area (Å²) in [7, 11) is 1.49. The van der Waals surface area contributed by atoms with E-state index in [1.54, 1.807) is 30.3 Å². The summed E-state index contributed by atoms with van der Waals surface area (Å²) >= 11 is 0. The first-order valence-electron chi connectivity index (χ1n) is 9.93. The van der Waals surface area contributed by atoms with Crippen LogP contribution in [0.25, 0.3) is 0 Å². The summed E-state index contributed by atoms with van der Waals surface area (Å²) in [6, 6.07) is 19.0. The zero-order valence-corrected chi connectivity index (χ0v) is 17.3. The Hall–Kier alpha value is -4.20. The Kier molecular flexibility index (Phi) is 6.12. The monoisotopic (exact) mass is 434 g/mol. The third-order valence-corrected chi connectivity index (χ3v) is 4.99. The van der Waals surface area contributed by atoms with Gasteiger partial charge in [-0.2, -0.15) is 5.10 Å². The average Bonchev–Trinajstić information content (AvgIpc) is 2.81. The predicted octanol–water partition coefficient (Wildman–Crippen LogP) is 4.26. The maximum atomic E-state index is 12.2. The van der Waals surface area contributed by atoms with Gasteiger partial charge in [-0.15, -0.1) is 0 Å². The standard InChI is InChI=1S/C24H22N2O6/c1-30-18-11-20(28)23-19(25-26-24(29)31-14-15-5-3-2-4-6-15)13-21(32-22(23)12-18)16-7-9-17(27)10-8-16/h2-12,21,27-28H,13-14H2,1H3,(H,26,29)/b25-19+/t21-/m0/s1. The summed E-state index contributed by atoms with van der Waals surface area (Å²) in [5, 5.41) is 24.3. The molecule has 0 fully saturated rings. The van der Waals surface area contributed by atoms with Crippen molar-refractivity contribution in [3.63, 3.8) is 0 Å². The molecule has 3 aromatic carbocycles. The molecule has 4 rings (SSSR count). The maximum absolute atomic E-state index is 12.2. The van der Waals surface area contributed by atoms with E-state index in [1.165, 1.54) is 13.2 Å². The minimum absolute atomic E-state index is 0.0818. The van der Waals surface area contributed by atoms with E-state index in [4.69, 9.17) is 14.2 Å². The molecule has 3 N–H and O–H groups in total. The number of phenolic OH excluding ortho intramolecular Hbond substituents is 2. The van der Waals surface area contributed by atoms with Crippen LogP contribution in [-0.4, -0.2) is 29.1 Å². The van der Waals surface area contributed by atoms with Gasteiger partial charge in [0.15, 0.2) is 0 Å². The Balaban J connectivity index is 1.57. The minimum atomic E-state index is -0.719. The van der Waals surface area contributed by atoms with Crippen LogP contribution in [0.2, 0.25) is 0 Å². The van der Waals surface area contributed by atoms with E-state index < -0.39 is 12.2 Å². The number of benzene rings is 3. The van der Waals surface area contributed by atoms with Crippen LogP contribution in [0, 0.1) is 0 Å². The summed E-state index contributed by atoms with van der Waals surface area (Å²) in [6.45, 7) is 0.107. The van der Waals surface area contributed by atoms with Gasteiger partial charge in [-0.25, -0.2) is 10.2 Å². The number of phenols is 2. The molecule has 0 bridgehead atoms. The second kappa shape index (κ2) is 9.30. The van der Waals surface area contributed by atoms with Crippen LogP contribution in [-0.2, 0) is 11.3 Å². The average molecular weight is 434 g/mol. The van der Waals surface area contributed by atoms with Crippen molar-refractivity contribution in [2.45, 2.75) is 19.1 Å². The molecule has 8 nitrogen and oxygen atoms in total. The number of methoxy groups -OCH3 is 1. The minimum Gasteiger partial charge on any atom is -0.508 e. The fourth-order valence-corrected chi connectivity index (χ4v) is 3.39. The first kappa shape index (κ1) is 21.0. The maximum Gasteiger partial charge on any atom is 0.428 e. The number of hydrazone groups is 1. The zero-order chi connectivity index (χ0) is 22.5. The predicted molar refractivity (Wildman–Crippen MR) is 117 cm³/mol. The number of rotatable bonds is 5. The molecule has 3 aromatic rings. The number of carbonyl (C=O) groups excluding carboxylic acids is 1. The quantitative estimate of drug-likeness (QED) is 0.518. The third kappa shape index (κ3) is 4.75. The van der Waals surface area contributed by atoms with E-state index in [0.717, 1.165) is 11.1 Å². The van der Waals surface area contributed by atoms with E-state index in [-0.39, 0.29) is 24.5 Å². The van der Waals surface area contributed by atoms with Gasteiger partial charge >= 0.3 is 6.09 Å². The number of hydrogen-bond acceptors (Lipinski definition) is 7. The SMILES string of the molecule is COc1cc(O)c2c(c1)O[C@H](c1ccc(O)cc1)C/C2=N\NC(=O)OCc1ccccc1. The zero-order valence-electron chi connectivity index (χ0n) is 17.3. The molecular weight excluding hydrogens is 412 g/mol. The molecule has 0 unspecified atom stereocenters. The topological polar surface area (TPSA) is 110 Å². The molecule has 1 atom stereocenters. The van der Waals surface area contributed by atoms with Crippen molar-refractivity contribution in [3.8, 4) is 23.0 Å². The molecule has 1 aliphatic rings. The highest BCUT2D eigenvalue weighted by Gasteiger charge is 2.30. The van der Waals surface area contributed by atoms with Crippen LogP contribution >= 0.6 is 0 Å². The van der Waals surface area contributed by atoms with Gasteiger partial charge < -0.3 is 24.4 Å². The van der Waals surface area contributed by atoms with Crippen molar-refractivity contribution < 1.29 is 29.2 Å². The summed E-state index contributed by atoms with van der Waals surface area (Å²) in [4.78, 5) is 12.2. The second-order valence-corrected chi connectivity index (χ2v) is 7.15. The first-order chi connectivity index (χ1) is 15.5. The summed E-state index contributed by atoms with van der Waals surface area (Å²) in [6.07, 6.45) is -0.893. The van der Waals surface area contributed by atoms with Crippen molar-refractivity contribution in [1.29, 1.82) is 0 Å². The van der Waals surface area contributed by atoms with Crippen LogP contribution in [0.4, 0.5) is 4.79 Å². The number of aromatic hydroxyl groups is 2. The lowest BCUT2D eigenvalue weighted by atomic mass is 9.94.